The maximum atomic E-state index is 13.2. The summed E-state index contributed by atoms with van der Waals surface area (Å²) in [6.45, 7) is 11.9. The molecule has 2 saturated heterocycles. The SMILES string of the molecule is O=C(c1ccccc1)N1CC[N+](CCCCCCCCCC[N+]2(Cc3ccccc3)CCN(C(=O)c3ccccc3)CC2)(Cc2ccccc2)CC1.[Cl-].[Cl-]. The molecule has 2 amide bonds. The van der Waals surface area contributed by atoms with E-state index in [1.807, 2.05) is 60.7 Å². The van der Waals surface area contributed by atoms with Gasteiger partial charge in [-0.25, -0.2) is 0 Å². The van der Waals surface area contributed by atoms with E-state index >= 15 is 0 Å². The van der Waals surface area contributed by atoms with Gasteiger partial charge in [0.05, 0.1) is 65.4 Å². The van der Waals surface area contributed by atoms with Crippen LogP contribution in [0.4, 0.5) is 0 Å². The minimum absolute atomic E-state index is 0. The van der Waals surface area contributed by atoms with E-state index in [1.165, 1.54) is 75.6 Å². The zero-order valence-corrected chi connectivity index (χ0v) is 33.6. The molecule has 0 aromatic heterocycles. The van der Waals surface area contributed by atoms with Crippen LogP contribution in [0, 0.1) is 0 Å². The van der Waals surface area contributed by atoms with Crippen molar-refractivity contribution in [3.05, 3.63) is 144 Å². The van der Waals surface area contributed by atoms with E-state index in [9.17, 15) is 9.59 Å². The van der Waals surface area contributed by atoms with Crippen molar-refractivity contribution in [2.45, 2.75) is 64.5 Å². The summed E-state index contributed by atoms with van der Waals surface area (Å²) >= 11 is 0. The van der Waals surface area contributed by atoms with Crippen LogP contribution in [0.2, 0.25) is 0 Å². The van der Waals surface area contributed by atoms with Crippen LogP contribution < -0.4 is 24.8 Å². The van der Waals surface area contributed by atoms with Crippen molar-refractivity contribution >= 4 is 11.8 Å². The fourth-order valence-electron chi connectivity index (χ4n) is 8.53. The van der Waals surface area contributed by atoms with Crippen molar-refractivity contribution < 1.29 is 43.4 Å². The summed E-state index contributed by atoms with van der Waals surface area (Å²) < 4.78 is 2.17. The van der Waals surface area contributed by atoms with Gasteiger partial charge in [-0.1, -0.05) is 123 Å². The number of carbonyl (C=O) groups excluding carboxylic acids is 2. The van der Waals surface area contributed by atoms with Gasteiger partial charge in [-0.3, -0.25) is 9.59 Å². The third-order valence-corrected chi connectivity index (χ3v) is 11.7. The van der Waals surface area contributed by atoms with E-state index < -0.39 is 0 Å². The van der Waals surface area contributed by atoms with Gasteiger partial charge in [0, 0.05) is 22.3 Å². The lowest BCUT2D eigenvalue weighted by molar-refractivity contribution is -0.944. The van der Waals surface area contributed by atoms with Crippen molar-refractivity contribution in [2.75, 3.05) is 65.4 Å². The number of carbonyl (C=O) groups is 2. The Balaban J connectivity index is 0.00000325. The summed E-state index contributed by atoms with van der Waals surface area (Å²) in [4.78, 5) is 30.4. The fourth-order valence-corrected chi connectivity index (χ4v) is 8.53. The second-order valence-electron chi connectivity index (χ2n) is 15.5. The van der Waals surface area contributed by atoms with E-state index in [0.29, 0.717) is 0 Å². The first kappa shape index (κ1) is 43.1. The van der Waals surface area contributed by atoms with Crippen LogP contribution in [0.25, 0.3) is 0 Å². The topological polar surface area (TPSA) is 40.6 Å². The lowest BCUT2D eigenvalue weighted by Crippen LogP contribution is -3.00. The van der Waals surface area contributed by atoms with Crippen LogP contribution in [0.15, 0.2) is 121 Å². The summed E-state index contributed by atoms with van der Waals surface area (Å²) in [6.07, 6.45) is 10.3. The molecule has 2 fully saturated rings. The highest BCUT2D eigenvalue weighted by molar-refractivity contribution is 5.94. The Morgan fingerprint density at radius 3 is 1.00 bits per heavy atom. The molecule has 0 radical (unpaired) electrons. The Kier molecular flexibility index (Phi) is 17.6. The van der Waals surface area contributed by atoms with Gasteiger partial charge in [0.2, 0.25) is 0 Å². The normalized spacial score (nSPS) is 16.1. The van der Waals surface area contributed by atoms with E-state index in [2.05, 4.69) is 70.5 Å². The third-order valence-electron chi connectivity index (χ3n) is 11.7. The van der Waals surface area contributed by atoms with Crippen molar-refractivity contribution in [1.29, 1.82) is 0 Å². The predicted molar refractivity (Wildman–Crippen MR) is 212 cm³/mol. The van der Waals surface area contributed by atoms with Crippen LogP contribution in [-0.4, -0.2) is 96.0 Å². The van der Waals surface area contributed by atoms with Gasteiger partial charge >= 0.3 is 0 Å². The molecule has 0 spiro atoms. The number of piperazine rings is 2. The number of hydrogen-bond acceptors (Lipinski definition) is 2. The number of amides is 2. The minimum atomic E-state index is 0. The Labute approximate surface area is 337 Å². The van der Waals surface area contributed by atoms with E-state index in [0.717, 1.165) is 85.5 Å². The summed E-state index contributed by atoms with van der Waals surface area (Å²) in [5.74, 6) is 0.341. The number of halogens is 2. The molecule has 54 heavy (non-hydrogen) atoms. The van der Waals surface area contributed by atoms with Crippen molar-refractivity contribution in [3.63, 3.8) is 0 Å². The lowest BCUT2D eigenvalue weighted by Gasteiger charge is -2.45. The summed E-state index contributed by atoms with van der Waals surface area (Å²) in [5.41, 5.74) is 4.41. The third kappa shape index (κ3) is 12.4. The lowest BCUT2D eigenvalue weighted by atomic mass is 10.0. The molecule has 6 nitrogen and oxygen atoms in total. The predicted octanol–water partition coefficient (Wildman–Crippen LogP) is 2.46. The molecule has 6 rings (SSSR count). The Morgan fingerprint density at radius 2 is 0.685 bits per heavy atom. The molecule has 0 aliphatic carbocycles. The number of rotatable bonds is 17. The second kappa shape index (κ2) is 22.0. The van der Waals surface area contributed by atoms with Gasteiger partial charge in [-0.05, 0) is 49.9 Å². The van der Waals surface area contributed by atoms with Crippen molar-refractivity contribution in [1.82, 2.24) is 9.80 Å². The zero-order chi connectivity index (χ0) is 35.9. The highest BCUT2D eigenvalue weighted by Gasteiger charge is 2.36. The standard InChI is InChI=1S/C46H60N4O2.2ClH/c51-45(43-25-15-9-16-26-43)47-29-35-49(36-30-47,39-41-21-11-7-12-22-41)33-19-5-3-1-2-4-6-20-34-50(40-42-23-13-8-14-24-42)37-31-48(32-38-50)46(52)44-27-17-10-18-28-44;;/h7-18,21-28H,1-6,19-20,29-40H2;2*1H/q+2;;/p-2. The van der Waals surface area contributed by atoms with Gasteiger partial charge in [-0.15, -0.1) is 0 Å². The molecule has 2 aliphatic heterocycles. The maximum Gasteiger partial charge on any atom is 0.254 e. The molecule has 0 atom stereocenters. The van der Waals surface area contributed by atoms with Crippen LogP contribution in [0.3, 0.4) is 0 Å². The highest BCUT2D eigenvalue weighted by Crippen LogP contribution is 2.24. The summed E-state index contributed by atoms with van der Waals surface area (Å²) in [7, 11) is 0. The first-order valence-electron chi connectivity index (χ1n) is 20.0. The maximum absolute atomic E-state index is 13.2. The zero-order valence-electron chi connectivity index (χ0n) is 32.1. The van der Waals surface area contributed by atoms with E-state index in [4.69, 9.17) is 0 Å². The van der Waals surface area contributed by atoms with Gasteiger partial charge in [0.15, 0.2) is 0 Å². The number of hydrogen-bond donors (Lipinski definition) is 0. The smallest absolute Gasteiger partial charge is 0.254 e. The monoisotopic (exact) mass is 770 g/mol. The molecule has 8 heteroatoms. The van der Waals surface area contributed by atoms with Crippen LogP contribution >= 0.6 is 0 Å². The Hall–Kier alpha value is -3.68. The average molecular weight is 772 g/mol. The van der Waals surface area contributed by atoms with Gasteiger partial charge < -0.3 is 43.6 Å². The Bertz CT molecular complexity index is 1520. The average Bonchev–Trinajstić information content (AvgIpc) is 3.20. The van der Waals surface area contributed by atoms with Crippen LogP contribution in [0.5, 0.6) is 0 Å². The van der Waals surface area contributed by atoms with Gasteiger partial charge in [0.25, 0.3) is 11.8 Å². The molecule has 0 N–H and O–H groups in total. The quantitative estimate of drug-likeness (QED) is 0.123. The molecule has 4 aromatic carbocycles. The fraction of sp³-hybridized carbons (Fsp3) is 0.435. The number of quaternary nitrogens is 2. The van der Waals surface area contributed by atoms with Crippen molar-refractivity contribution in [2.24, 2.45) is 0 Å². The molecule has 0 saturated carbocycles. The number of nitrogens with zero attached hydrogens (tertiary/aromatic N) is 4. The largest absolute Gasteiger partial charge is 1.00 e. The van der Waals surface area contributed by atoms with E-state index in [1.54, 1.807) is 0 Å². The molecular formula is C46H60Cl2N4O2. The molecule has 290 valence electrons. The van der Waals surface area contributed by atoms with Crippen molar-refractivity contribution in [3.8, 4) is 0 Å². The molecule has 0 bridgehead atoms. The highest BCUT2D eigenvalue weighted by atomic mass is 35.5. The van der Waals surface area contributed by atoms with Gasteiger partial charge in [0.1, 0.15) is 13.1 Å². The van der Waals surface area contributed by atoms with Crippen LogP contribution in [0.1, 0.15) is 83.2 Å². The minimum Gasteiger partial charge on any atom is -1.00 e. The van der Waals surface area contributed by atoms with Crippen LogP contribution in [-0.2, 0) is 13.1 Å². The first-order chi connectivity index (χ1) is 25.5. The molecule has 2 aliphatic rings. The molecule has 4 aromatic rings. The molecule has 2 heterocycles. The second-order valence-corrected chi connectivity index (χ2v) is 15.5. The molecular weight excluding hydrogens is 711 g/mol. The molecule has 0 unspecified atom stereocenters. The number of unbranched alkanes of at least 4 members (excludes halogenated alkanes) is 7. The number of benzene rings is 4. The first-order valence-corrected chi connectivity index (χ1v) is 20.0. The summed E-state index contributed by atoms with van der Waals surface area (Å²) in [5, 5.41) is 0. The van der Waals surface area contributed by atoms with Gasteiger partial charge in [-0.2, -0.15) is 0 Å². The summed E-state index contributed by atoms with van der Waals surface area (Å²) in [6, 6.07) is 41.4. The Morgan fingerprint density at radius 1 is 0.407 bits per heavy atom. The van der Waals surface area contributed by atoms with E-state index in [-0.39, 0.29) is 36.6 Å².